The molecule has 3 aliphatic rings. The number of rotatable bonds is 3. The number of amides is 3. The Morgan fingerprint density at radius 2 is 1.61 bits per heavy atom. The van der Waals surface area contributed by atoms with E-state index in [1.807, 2.05) is 12.2 Å². The van der Waals surface area contributed by atoms with Crippen LogP contribution < -0.4 is 11.2 Å². The summed E-state index contributed by atoms with van der Waals surface area (Å²) >= 11 is 0. The third kappa shape index (κ3) is 2.72. The van der Waals surface area contributed by atoms with Gasteiger partial charge in [0, 0.05) is 27.2 Å². The van der Waals surface area contributed by atoms with Gasteiger partial charge in [0.25, 0.3) is 5.56 Å². The molecule has 2 aromatic heterocycles. The maximum Gasteiger partial charge on any atom is 0.332 e. The number of carbonyl (C=O) groups excluding carboxylic acids is 3. The van der Waals surface area contributed by atoms with E-state index < -0.39 is 11.2 Å². The second kappa shape index (κ2) is 6.76. The van der Waals surface area contributed by atoms with Crippen LogP contribution in [0.25, 0.3) is 11.2 Å². The fraction of sp³-hybridized carbons (Fsp3) is 0.500. The second-order valence-corrected chi connectivity index (χ2v) is 8.41. The molecular formula is C20H22N6O5. The molecule has 2 unspecified atom stereocenters. The zero-order chi connectivity index (χ0) is 22.0. The summed E-state index contributed by atoms with van der Waals surface area (Å²) in [5.41, 5.74) is -0.618. The predicted molar refractivity (Wildman–Crippen MR) is 108 cm³/mol. The molecule has 0 spiro atoms. The molecule has 0 aromatic carbocycles. The average molecular weight is 426 g/mol. The zero-order valence-corrected chi connectivity index (χ0v) is 17.2. The highest BCUT2D eigenvalue weighted by Crippen LogP contribution is 2.37. The first-order valence-corrected chi connectivity index (χ1v) is 10.2. The van der Waals surface area contributed by atoms with Gasteiger partial charge >= 0.3 is 5.69 Å². The Bertz CT molecular complexity index is 1250. The van der Waals surface area contributed by atoms with Crippen molar-refractivity contribution < 1.29 is 14.4 Å². The highest BCUT2D eigenvalue weighted by molar-refractivity contribution is 6.06. The average Bonchev–Trinajstić information content (AvgIpc) is 3.25. The summed E-state index contributed by atoms with van der Waals surface area (Å²) in [6.45, 7) is 0.451. The van der Waals surface area contributed by atoms with E-state index >= 15 is 0 Å². The van der Waals surface area contributed by atoms with Crippen LogP contribution in [0.4, 0.5) is 0 Å². The summed E-state index contributed by atoms with van der Waals surface area (Å²) in [6, 6.07) is -0.303. The Hall–Kier alpha value is -3.50. The van der Waals surface area contributed by atoms with Crippen LogP contribution in [-0.2, 0) is 35.0 Å². The Labute approximate surface area is 176 Å². The largest absolute Gasteiger partial charge is 0.337 e. The minimum atomic E-state index is -0.519. The van der Waals surface area contributed by atoms with Gasteiger partial charge in [0.05, 0.1) is 24.2 Å². The van der Waals surface area contributed by atoms with Gasteiger partial charge < -0.3 is 9.47 Å². The van der Waals surface area contributed by atoms with E-state index in [0.29, 0.717) is 12.8 Å². The lowest BCUT2D eigenvalue weighted by atomic mass is 9.85. The van der Waals surface area contributed by atoms with Crippen molar-refractivity contribution >= 4 is 28.9 Å². The number of allylic oxidation sites excluding steroid dienone is 2. The van der Waals surface area contributed by atoms with Crippen LogP contribution in [0, 0.1) is 11.8 Å². The lowest BCUT2D eigenvalue weighted by molar-refractivity contribution is -0.153. The molecule has 11 heteroatoms. The number of imidazole rings is 1. The van der Waals surface area contributed by atoms with E-state index in [9.17, 15) is 24.0 Å². The van der Waals surface area contributed by atoms with E-state index in [0.717, 1.165) is 4.57 Å². The van der Waals surface area contributed by atoms with Crippen molar-refractivity contribution in [3.63, 3.8) is 0 Å². The molecule has 2 fully saturated rings. The van der Waals surface area contributed by atoms with Crippen LogP contribution in [0.15, 0.2) is 28.1 Å². The molecule has 1 aliphatic carbocycles. The maximum atomic E-state index is 12.8. The number of nitrogens with zero attached hydrogens (tertiary/aromatic N) is 6. The maximum absolute atomic E-state index is 12.8. The third-order valence-corrected chi connectivity index (χ3v) is 6.64. The first-order valence-electron chi connectivity index (χ1n) is 10.2. The number of likely N-dealkylation sites (tertiary alicyclic amines) is 2. The van der Waals surface area contributed by atoms with Crippen molar-refractivity contribution in [3.8, 4) is 0 Å². The normalized spacial score (nSPS) is 23.5. The predicted octanol–water partition coefficient (Wildman–Crippen LogP) is -1.40. The van der Waals surface area contributed by atoms with Crippen LogP contribution in [-0.4, -0.2) is 65.3 Å². The van der Waals surface area contributed by atoms with Gasteiger partial charge in [-0.2, -0.15) is 0 Å². The summed E-state index contributed by atoms with van der Waals surface area (Å²) in [7, 11) is 2.89. The number of aromatic nitrogens is 4. The van der Waals surface area contributed by atoms with Gasteiger partial charge in [0.2, 0.25) is 17.7 Å². The zero-order valence-electron chi connectivity index (χ0n) is 17.2. The number of carbonyl (C=O) groups is 3. The summed E-state index contributed by atoms with van der Waals surface area (Å²) in [6.07, 6.45) is 6.44. The molecule has 3 amide bonds. The minimum absolute atomic E-state index is 0.117. The van der Waals surface area contributed by atoms with Crippen LogP contribution in [0.1, 0.15) is 12.8 Å². The molecule has 5 rings (SSSR count). The summed E-state index contributed by atoms with van der Waals surface area (Å²) in [5.74, 6) is -1.07. The molecule has 2 aromatic rings. The SMILES string of the molecule is Cn1c(=O)c2c(ncn2CC(=O)N2CC(N3C(=O)C4CC=CCC4C3=O)C2)n(C)c1=O. The van der Waals surface area contributed by atoms with Crippen molar-refractivity contribution in [3.05, 3.63) is 39.3 Å². The Morgan fingerprint density at radius 1 is 1.00 bits per heavy atom. The Morgan fingerprint density at radius 3 is 2.23 bits per heavy atom. The van der Waals surface area contributed by atoms with Gasteiger partial charge in [0.1, 0.15) is 6.54 Å². The fourth-order valence-corrected chi connectivity index (χ4v) is 4.77. The summed E-state index contributed by atoms with van der Waals surface area (Å²) in [5, 5.41) is 0. The van der Waals surface area contributed by atoms with Gasteiger partial charge in [-0.05, 0) is 12.8 Å². The molecule has 0 saturated carbocycles. The molecule has 2 saturated heterocycles. The first kappa shape index (κ1) is 19.5. The van der Waals surface area contributed by atoms with Crippen LogP contribution in [0.3, 0.4) is 0 Å². The molecule has 4 heterocycles. The van der Waals surface area contributed by atoms with E-state index in [1.165, 1.54) is 34.5 Å². The second-order valence-electron chi connectivity index (χ2n) is 8.41. The number of fused-ring (bicyclic) bond motifs is 2. The molecular weight excluding hydrogens is 404 g/mol. The number of imide groups is 1. The first-order chi connectivity index (χ1) is 14.8. The van der Waals surface area contributed by atoms with E-state index in [1.54, 1.807) is 4.90 Å². The molecule has 0 N–H and O–H groups in total. The quantitative estimate of drug-likeness (QED) is 0.440. The molecule has 0 bridgehead atoms. The molecule has 162 valence electrons. The van der Waals surface area contributed by atoms with Crippen LogP contribution in [0.5, 0.6) is 0 Å². The van der Waals surface area contributed by atoms with Crippen molar-refractivity contribution in [1.29, 1.82) is 0 Å². The van der Waals surface area contributed by atoms with Crippen molar-refractivity contribution in [2.75, 3.05) is 13.1 Å². The summed E-state index contributed by atoms with van der Waals surface area (Å²) < 4.78 is 3.67. The van der Waals surface area contributed by atoms with Gasteiger partial charge in [-0.1, -0.05) is 12.2 Å². The third-order valence-electron chi connectivity index (χ3n) is 6.64. The highest BCUT2D eigenvalue weighted by atomic mass is 16.2. The van der Waals surface area contributed by atoms with Gasteiger partial charge in [-0.25, -0.2) is 9.78 Å². The fourth-order valence-electron chi connectivity index (χ4n) is 4.77. The lowest BCUT2D eigenvalue weighted by Crippen LogP contribution is -2.63. The Balaban J connectivity index is 1.30. The smallest absolute Gasteiger partial charge is 0.332 e. The van der Waals surface area contributed by atoms with Crippen LogP contribution in [0.2, 0.25) is 0 Å². The minimum Gasteiger partial charge on any atom is -0.337 e. The topological polar surface area (TPSA) is 120 Å². The van der Waals surface area contributed by atoms with Crippen molar-refractivity contribution in [2.45, 2.75) is 25.4 Å². The van der Waals surface area contributed by atoms with Crippen LogP contribution >= 0.6 is 0 Å². The molecule has 2 atom stereocenters. The van der Waals surface area contributed by atoms with Gasteiger partial charge in [-0.15, -0.1) is 0 Å². The monoisotopic (exact) mass is 426 g/mol. The Kier molecular flexibility index (Phi) is 4.24. The molecule has 0 radical (unpaired) electrons. The van der Waals surface area contributed by atoms with Crippen molar-refractivity contribution in [1.82, 2.24) is 28.5 Å². The number of hydrogen-bond acceptors (Lipinski definition) is 6. The van der Waals surface area contributed by atoms with E-state index in [4.69, 9.17) is 0 Å². The van der Waals surface area contributed by atoms with Gasteiger partial charge in [-0.3, -0.25) is 33.2 Å². The molecule has 2 aliphatic heterocycles. The lowest BCUT2D eigenvalue weighted by Gasteiger charge is -2.43. The van der Waals surface area contributed by atoms with Gasteiger partial charge in [0.15, 0.2) is 11.2 Å². The molecule has 31 heavy (non-hydrogen) atoms. The van der Waals surface area contributed by atoms with E-state index in [2.05, 4.69) is 4.98 Å². The molecule has 11 nitrogen and oxygen atoms in total. The number of hydrogen-bond donors (Lipinski definition) is 0. The highest BCUT2D eigenvalue weighted by Gasteiger charge is 2.52. The van der Waals surface area contributed by atoms with Crippen molar-refractivity contribution in [2.24, 2.45) is 25.9 Å². The standard InChI is InChI=1S/C20H22N6O5/c1-22-16-15(19(30)23(2)20(22)31)25(10-21-16)9-14(27)24-7-11(8-24)26-17(28)12-5-3-4-6-13(12)18(26)29/h3-4,10-13H,5-9H2,1-2H3. The van der Waals surface area contributed by atoms with E-state index in [-0.39, 0.29) is 66.4 Å². The number of aryl methyl sites for hydroxylation is 1. The summed E-state index contributed by atoms with van der Waals surface area (Å²) in [4.78, 5) is 69.7.